The minimum atomic E-state index is -1.25. The number of aliphatic carboxylic acids is 1. The maximum absolute atomic E-state index is 13.1. The fourth-order valence-corrected chi connectivity index (χ4v) is 3.34. The molecule has 1 heterocycles. The van der Waals surface area contributed by atoms with Gasteiger partial charge < -0.3 is 15.3 Å². The van der Waals surface area contributed by atoms with E-state index in [9.17, 15) is 14.0 Å². The van der Waals surface area contributed by atoms with Gasteiger partial charge in [0.2, 0.25) is 5.60 Å². The van der Waals surface area contributed by atoms with Crippen molar-refractivity contribution in [1.82, 2.24) is 5.32 Å². The molecule has 0 aromatic heterocycles. The molecule has 2 atom stereocenters. The molecule has 0 radical (unpaired) electrons. The number of carboxylic acid groups (broad SMARTS) is 1. The Morgan fingerprint density at radius 3 is 2.59 bits per heavy atom. The number of nitrogens with one attached hydrogen (secondary N) is 1. The monoisotopic (exact) mass is 406 g/mol. The van der Waals surface area contributed by atoms with Crippen molar-refractivity contribution in [1.29, 1.82) is 0 Å². The summed E-state index contributed by atoms with van der Waals surface area (Å²) >= 11 is 0. The minimum Gasteiger partial charge on any atom is -0.481 e. The van der Waals surface area contributed by atoms with E-state index in [-0.39, 0.29) is 30.6 Å². The molecule has 160 valence electrons. The van der Waals surface area contributed by atoms with Crippen molar-refractivity contribution in [3.63, 3.8) is 0 Å². The molecule has 29 heavy (non-hydrogen) atoms. The molecular weight excluding hydrogens is 375 g/mol. The minimum absolute atomic E-state index is 0.0288. The summed E-state index contributed by atoms with van der Waals surface area (Å²) in [5, 5.41) is 15.9. The molecule has 6 nitrogen and oxygen atoms in total. The first kappa shape index (κ1) is 22.8. The molecule has 2 rings (SSSR count). The second-order valence-electron chi connectivity index (χ2n) is 8.93. The van der Waals surface area contributed by atoms with Crippen molar-refractivity contribution in [2.24, 2.45) is 11.1 Å². The highest BCUT2D eigenvalue weighted by molar-refractivity contribution is 6.05. The molecule has 0 spiro atoms. The number of halogens is 1. The molecule has 7 heteroatoms. The van der Waals surface area contributed by atoms with E-state index in [0.717, 1.165) is 11.1 Å². The number of nitrogens with zero attached hydrogens (tertiary/aromatic N) is 1. The van der Waals surface area contributed by atoms with Crippen LogP contribution in [0.1, 0.15) is 65.0 Å². The Kier molecular flexibility index (Phi) is 7.03. The maximum atomic E-state index is 13.1. The van der Waals surface area contributed by atoms with Crippen LogP contribution >= 0.6 is 0 Å². The van der Waals surface area contributed by atoms with Gasteiger partial charge in [0, 0.05) is 18.4 Å². The molecule has 2 unspecified atom stereocenters. The highest BCUT2D eigenvalue weighted by Gasteiger charge is 2.50. The summed E-state index contributed by atoms with van der Waals surface area (Å²) in [5.74, 6) is -1.77. The van der Waals surface area contributed by atoms with Gasteiger partial charge in [0.1, 0.15) is 0 Å². The Labute approximate surface area is 171 Å². The first-order valence-corrected chi connectivity index (χ1v) is 9.94. The molecule has 1 aromatic carbocycles. The zero-order chi connectivity index (χ0) is 21.8. The molecule has 1 aromatic rings. The largest absolute Gasteiger partial charge is 0.481 e. The Hall–Kier alpha value is -2.44. The number of carbonyl (C=O) groups excluding carboxylic acids is 1. The molecule has 0 saturated heterocycles. The van der Waals surface area contributed by atoms with Crippen molar-refractivity contribution in [3.8, 4) is 0 Å². The normalized spacial score (nSPS) is 20.2. The summed E-state index contributed by atoms with van der Waals surface area (Å²) in [7, 11) is 0. The van der Waals surface area contributed by atoms with Crippen LogP contribution in [-0.2, 0) is 19.8 Å². The highest BCUT2D eigenvalue weighted by atomic mass is 19.1. The van der Waals surface area contributed by atoms with Gasteiger partial charge in [-0.1, -0.05) is 58.0 Å². The lowest BCUT2D eigenvalue weighted by molar-refractivity contribution is -0.151. The van der Waals surface area contributed by atoms with Gasteiger partial charge in [0.05, 0.1) is 18.8 Å². The maximum Gasteiger partial charge on any atom is 0.305 e. The SMILES string of the molecule is CC(C)C1(C(=O)NC(CCF)CC(=O)O)CC(c2cccc(C(C)(C)C)c2)=NO1. The van der Waals surface area contributed by atoms with Crippen LogP contribution in [0.5, 0.6) is 0 Å². The van der Waals surface area contributed by atoms with Crippen LogP contribution < -0.4 is 5.32 Å². The third-order valence-electron chi connectivity index (χ3n) is 5.34. The summed E-state index contributed by atoms with van der Waals surface area (Å²) in [6, 6.07) is 7.19. The summed E-state index contributed by atoms with van der Waals surface area (Å²) in [6.07, 6.45) is -0.141. The zero-order valence-corrected chi connectivity index (χ0v) is 17.8. The Morgan fingerprint density at radius 2 is 2.03 bits per heavy atom. The van der Waals surface area contributed by atoms with Gasteiger partial charge in [-0.15, -0.1) is 0 Å². The van der Waals surface area contributed by atoms with E-state index in [0.29, 0.717) is 5.71 Å². The summed E-state index contributed by atoms with van der Waals surface area (Å²) < 4.78 is 12.8. The first-order chi connectivity index (χ1) is 13.5. The number of carboxylic acids is 1. The molecule has 2 N–H and O–H groups in total. The average molecular weight is 406 g/mol. The van der Waals surface area contributed by atoms with Gasteiger partial charge in [0.25, 0.3) is 5.91 Å². The van der Waals surface area contributed by atoms with Crippen molar-refractivity contribution < 1.29 is 23.9 Å². The van der Waals surface area contributed by atoms with Crippen molar-refractivity contribution in [2.45, 2.75) is 70.9 Å². The van der Waals surface area contributed by atoms with E-state index in [4.69, 9.17) is 9.94 Å². The topological polar surface area (TPSA) is 88.0 Å². The van der Waals surface area contributed by atoms with Crippen LogP contribution in [0.3, 0.4) is 0 Å². The summed E-state index contributed by atoms with van der Waals surface area (Å²) in [5.41, 5.74) is 1.42. The summed E-state index contributed by atoms with van der Waals surface area (Å²) in [4.78, 5) is 29.8. The Bertz CT molecular complexity index is 785. The smallest absolute Gasteiger partial charge is 0.305 e. The van der Waals surface area contributed by atoms with E-state index in [2.05, 4.69) is 37.3 Å². The number of carbonyl (C=O) groups is 2. The fraction of sp³-hybridized carbons (Fsp3) is 0.591. The van der Waals surface area contributed by atoms with Gasteiger partial charge >= 0.3 is 5.97 Å². The predicted octanol–water partition coefficient (Wildman–Crippen LogP) is 3.82. The van der Waals surface area contributed by atoms with Gasteiger partial charge in [0.15, 0.2) is 0 Å². The second-order valence-corrected chi connectivity index (χ2v) is 8.93. The van der Waals surface area contributed by atoms with Crippen molar-refractivity contribution in [3.05, 3.63) is 35.4 Å². The number of alkyl halides is 1. The molecule has 0 bridgehead atoms. The van der Waals surface area contributed by atoms with Crippen LogP contribution in [0, 0.1) is 5.92 Å². The van der Waals surface area contributed by atoms with Gasteiger partial charge in [-0.25, -0.2) is 0 Å². The lowest BCUT2D eigenvalue weighted by Gasteiger charge is -2.31. The molecule has 1 amide bonds. The molecule has 1 aliphatic rings. The van der Waals surface area contributed by atoms with Crippen LogP contribution in [0.25, 0.3) is 0 Å². The number of amides is 1. The molecular formula is C22H31FN2O4. The summed E-state index contributed by atoms with van der Waals surface area (Å²) in [6.45, 7) is 9.36. The second kappa shape index (κ2) is 8.93. The van der Waals surface area contributed by atoms with E-state index in [1.54, 1.807) is 0 Å². The van der Waals surface area contributed by atoms with Crippen LogP contribution in [0.4, 0.5) is 4.39 Å². The van der Waals surface area contributed by atoms with E-state index in [1.807, 2.05) is 32.0 Å². The number of hydrogen-bond acceptors (Lipinski definition) is 4. The fourth-order valence-electron chi connectivity index (χ4n) is 3.34. The van der Waals surface area contributed by atoms with Crippen molar-refractivity contribution in [2.75, 3.05) is 6.67 Å². The highest BCUT2D eigenvalue weighted by Crippen LogP contribution is 2.35. The van der Waals surface area contributed by atoms with Gasteiger partial charge in [-0.3, -0.25) is 14.0 Å². The lowest BCUT2D eigenvalue weighted by atomic mass is 9.81. The van der Waals surface area contributed by atoms with Gasteiger partial charge in [-0.2, -0.15) is 0 Å². The molecule has 0 fully saturated rings. The van der Waals surface area contributed by atoms with E-state index >= 15 is 0 Å². The Morgan fingerprint density at radius 1 is 1.34 bits per heavy atom. The lowest BCUT2D eigenvalue weighted by Crippen LogP contribution is -2.54. The third-order valence-corrected chi connectivity index (χ3v) is 5.34. The van der Waals surface area contributed by atoms with Crippen molar-refractivity contribution >= 4 is 17.6 Å². The molecule has 0 aliphatic carbocycles. The Balaban J connectivity index is 2.23. The van der Waals surface area contributed by atoms with E-state index < -0.39 is 30.2 Å². The van der Waals surface area contributed by atoms with E-state index in [1.165, 1.54) is 0 Å². The number of oxime groups is 1. The van der Waals surface area contributed by atoms with Gasteiger partial charge in [-0.05, 0) is 29.0 Å². The number of hydrogen-bond donors (Lipinski definition) is 2. The zero-order valence-electron chi connectivity index (χ0n) is 17.8. The average Bonchev–Trinajstić information content (AvgIpc) is 3.08. The first-order valence-electron chi connectivity index (χ1n) is 9.94. The van der Waals surface area contributed by atoms with Crippen LogP contribution in [-0.4, -0.2) is 41.0 Å². The standard InChI is InChI=1S/C22H31FN2O4/c1-14(2)22(20(28)24-17(9-10-23)12-19(26)27)13-18(25-29-22)15-7-6-8-16(11-15)21(3,4)5/h6-8,11,14,17H,9-10,12-13H2,1-5H3,(H,24,28)(H,26,27). The molecule has 0 saturated carbocycles. The predicted molar refractivity (Wildman–Crippen MR) is 110 cm³/mol. The quantitative estimate of drug-likeness (QED) is 0.687. The van der Waals surface area contributed by atoms with Crippen LogP contribution in [0.2, 0.25) is 0 Å². The van der Waals surface area contributed by atoms with Crippen LogP contribution in [0.15, 0.2) is 29.4 Å². The number of rotatable bonds is 8. The third kappa shape index (κ3) is 5.34. The molecule has 1 aliphatic heterocycles. The number of benzene rings is 1.